The maximum Gasteiger partial charge on any atom is 0.224 e. The number of fused-ring (bicyclic) bond motifs is 1. The van der Waals surface area contributed by atoms with E-state index in [1.54, 1.807) is 25.2 Å². The Morgan fingerprint density at radius 1 is 1.19 bits per heavy atom. The fourth-order valence-electron chi connectivity index (χ4n) is 3.34. The molecule has 8 nitrogen and oxygen atoms in total. The first-order chi connectivity index (χ1) is 12.8. The Labute approximate surface area is 158 Å². The van der Waals surface area contributed by atoms with E-state index in [9.17, 15) is 18.0 Å². The van der Waals surface area contributed by atoms with Gasteiger partial charge in [-0.25, -0.2) is 8.42 Å². The number of hydrogen-bond acceptors (Lipinski definition) is 6. The van der Waals surface area contributed by atoms with Gasteiger partial charge >= 0.3 is 0 Å². The quantitative estimate of drug-likeness (QED) is 0.732. The number of sulfone groups is 1. The van der Waals surface area contributed by atoms with Crippen LogP contribution in [0.4, 0.5) is 5.69 Å². The molecule has 2 amide bonds. The highest BCUT2D eigenvalue weighted by atomic mass is 32.2. The molecule has 148 valence electrons. The van der Waals surface area contributed by atoms with Gasteiger partial charge in [-0.2, -0.15) is 0 Å². The summed E-state index contributed by atoms with van der Waals surface area (Å²) in [4.78, 5) is 27.6. The van der Waals surface area contributed by atoms with Crippen molar-refractivity contribution in [3.8, 4) is 11.5 Å². The lowest BCUT2D eigenvalue weighted by Gasteiger charge is -2.27. The molecule has 0 aromatic heterocycles. The van der Waals surface area contributed by atoms with Crippen LogP contribution in [0.3, 0.4) is 0 Å². The van der Waals surface area contributed by atoms with Gasteiger partial charge in [0, 0.05) is 44.7 Å². The van der Waals surface area contributed by atoms with Gasteiger partial charge in [0.15, 0.2) is 21.3 Å². The average molecular weight is 396 g/mol. The fourth-order valence-corrected chi connectivity index (χ4v) is 5.11. The third-order valence-corrected chi connectivity index (χ3v) is 6.67. The second-order valence-electron chi connectivity index (χ2n) is 6.81. The van der Waals surface area contributed by atoms with Gasteiger partial charge in [-0.1, -0.05) is 0 Å². The zero-order valence-corrected chi connectivity index (χ0v) is 16.3. The van der Waals surface area contributed by atoms with Gasteiger partial charge in [0.1, 0.15) is 13.2 Å². The third-order valence-electron chi connectivity index (χ3n) is 4.92. The number of nitrogens with zero attached hydrogens (tertiary/aromatic N) is 2. The van der Waals surface area contributed by atoms with Crippen LogP contribution in [0.1, 0.15) is 19.8 Å². The lowest BCUT2D eigenvalue weighted by molar-refractivity contribution is -0.131. The number of anilines is 1. The van der Waals surface area contributed by atoms with Crippen LogP contribution in [0.2, 0.25) is 0 Å². The first kappa shape index (κ1) is 19.5. The van der Waals surface area contributed by atoms with E-state index in [4.69, 9.17) is 9.47 Å². The van der Waals surface area contributed by atoms with E-state index in [1.807, 2.05) is 0 Å². The van der Waals surface area contributed by atoms with E-state index in [0.717, 1.165) is 0 Å². The lowest BCUT2D eigenvalue weighted by Crippen LogP contribution is -2.40. The molecule has 2 aliphatic heterocycles. The molecule has 27 heavy (non-hydrogen) atoms. The third kappa shape index (κ3) is 4.52. The summed E-state index contributed by atoms with van der Waals surface area (Å²) in [5, 5.41) is 0. The molecular formula is C18H24N2O6S. The van der Waals surface area contributed by atoms with Crippen molar-refractivity contribution in [1.82, 2.24) is 4.90 Å². The van der Waals surface area contributed by atoms with Crippen LogP contribution >= 0.6 is 0 Å². The monoisotopic (exact) mass is 396 g/mol. The Balaban J connectivity index is 1.65. The van der Waals surface area contributed by atoms with Crippen molar-refractivity contribution < 1.29 is 27.5 Å². The SMILES string of the molecule is CC(=O)N(CCC(=O)N(C)C1CCS(=O)(=O)C1)c1ccc2c(c1)OCCO2. The molecule has 3 rings (SSSR count). The van der Waals surface area contributed by atoms with E-state index in [0.29, 0.717) is 36.8 Å². The summed E-state index contributed by atoms with van der Waals surface area (Å²) in [6.45, 7) is 2.58. The van der Waals surface area contributed by atoms with Crippen LogP contribution in [0.5, 0.6) is 11.5 Å². The second-order valence-corrected chi connectivity index (χ2v) is 9.04. The first-order valence-electron chi connectivity index (χ1n) is 8.91. The van der Waals surface area contributed by atoms with E-state index < -0.39 is 9.84 Å². The van der Waals surface area contributed by atoms with E-state index >= 15 is 0 Å². The molecule has 2 heterocycles. The molecule has 9 heteroatoms. The van der Waals surface area contributed by atoms with Crippen LogP contribution in [0.25, 0.3) is 0 Å². The molecule has 1 fully saturated rings. The summed E-state index contributed by atoms with van der Waals surface area (Å²) in [7, 11) is -1.43. The largest absolute Gasteiger partial charge is 0.486 e. The van der Waals surface area contributed by atoms with Gasteiger partial charge in [-0.15, -0.1) is 0 Å². The maximum atomic E-state index is 12.5. The standard InChI is InChI=1S/C18H24N2O6S/c1-13(21)20(14-3-4-16-17(11-14)26-9-8-25-16)7-5-18(22)19(2)15-6-10-27(23,24)12-15/h3-4,11,15H,5-10,12H2,1-2H3. The van der Waals surface area contributed by atoms with E-state index in [-0.39, 0.29) is 42.3 Å². The number of rotatable bonds is 5. The van der Waals surface area contributed by atoms with Gasteiger partial charge in [0.2, 0.25) is 11.8 Å². The summed E-state index contributed by atoms with van der Waals surface area (Å²) >= 11 is 0. The summed E-state index contributed by atoms with van der Waals surface area (Å²) in [5.41, 5.74) is 0.630. The Morgan fingerprint density at radius 2 is 1.89 bits per heavy atom. The predicted molar refractivity (Wildman–Crippen MR) is 99.9 cm³/mol. The summed E-state index contributed by atoms with van der Waals surface area (Å²) in [5.74, 6) is 0.961. The highest BCUT2D eigenvalue weighted by molar-refractivity contribution is 7.91. The van der Waals surface area contributed by atoms with Crippen LogP contribution in [0, 0.1) is 0 Å². The van der Waals surface area contributed by atoms with Crippen molar-refractivity contribution in [2.24, 2.45) is 0 Å². The first-order valence-corrected chi connectivity index (χ1v) is 10.7. The van der Waals surface area contributed by atoms with Gasteiger partial charge in [-0.3, -0.25) is 9.59 Å². The number of carbonyl (C=O) groups is 2. The minimum absolute atomic E-state index is 0.00776. The second kappa shape index (κ2) is 7.75. The molecule has 1 unspecified atom stereocenters. The van der Waals surface area contributed by atoms with Crippen molar-refractivity contribution in [1.29, 1.82) is 0 Å². The number of amides is 2. The molecular weight excluding hydrogens is 372 g/mol. The van der Waals surface area contributed by atoms with E-state index in [2.05, 4.69) is 0 Å². The van der Waals surface area contributed by atoms with Crippen LogP contribution in [-0.4, -0.2) is 69.5 Å². The molecule has 0 aliphatic carbocycles. The van der Waals surface area contributed by atoms with Crippen molar-refractivity contribution >= 4 is 27.3 Å². The molecule has 0 saturated carbocycles. The summed E-state index contributed by atoms with van der Waals surface area (Å²) in [6.07, 6.45) is 0.574. The maximum absolute atomic E-state index is 12.5. The van der Waals surface area contributed by atoms with Crippen LogP contribution < -0.4 is 14.4 Å². The van der Waals surface area contributed by atoms with Crippen molar-refractivity contribution in [2.75, 3.05) is 43.2 Å². The molecule has 0 spiro atoms. The molecule has 2 aliphatic rings. The smallest absolute Gasteiger partial charge is 0.224 e. The lowest BCUT2D eigenvalue weighted by atomic mass is 10.2. The Bertz CT molecular complexity index is 838. The van der Waals surface area contributed by atoms with Crippen molar-refractivity contribution in [3.05, 3.63) is 18.2 Å². The highest BCUT2D eigenvalue weighted by Crippen LogP contribution is 2.34. The molecule has 0 radical (unpaired) electrons. The molecule has 1 aromatic carbocycles. The van der Waals surface area contributed by atoms with E-state index in [1.165, 1.54) is 16.7 Å². The summed E-state index contributed by atoms with van der Waals surface area (Å²) < 4.78 is 34.3. The number of ether oxygens (including phenoxy) is 2. The van der Waals surface area contributed by atoms with Gasteiger partial charge in [-0.05, 0) is 18.6 Å². The number of carbonyl (C=O) groups excluding carboxylic acids is 2. The minimum atomic E-state index is -3.05. The molecule has 0 bridgehead atoms. The number of hydrogen-bond donors (Lipinski definition) is 0. The van der Waals surface area contributed by atoms with Gasteiger partial charge in [0.05, 0.1) is 11.5 Å². The minimum Gasteiger partial charge on any atom is -0.486 e. The topological polar surface area (TPSA) is 93.2 Å². The Morgan fingerprint density at radius 3 is 2.52 bits per heavy atom. The zero-order valence-electron chi connectivity index (χ0n) is 15.5. The molecule has 1 atom stereocenters. The zero-order chi connectivity index (χ0) is 19.6. The molecule has 0 N–H and O–H groups in total. The molecule has 1 saturated heterocycles. The van der Waals surface area contributed by atoms with Crippen LogP contribution in [-0.2, 0) is 19.4 Å². The normalized spacial score (nSPS) is 20.1. The van der Waals surface area contributed by atoms with Gasteiger partial charge in [0.25, 0.3) is 0 Å². The highest BCUT2D eigenvalue weighted by Gasteiger charge is 2.32. The fraction of sp³-hybridized carbons (Fsp3) is 0.556. The summed E-state index contributed by atoms with van der Waals surface area (Å²) in [6, 6.07) is 4.94. The van der Waals surface area contributed by atoms with Crippen molar-refractivity contribution in [3.63, 3.8) is 0 Å². The van der Waals surface area contributed by atoms with Crippen LogP contribution in [0.15, 0.2) is 18.2 Å². The molecule has 1 aromatic rings. The average Bonchev–Trinajstić information content (AvgIpc) is 3.00. The Kier molecular flexibility index (Phi) is 5.59. The number of benzene rings is 1. The van der Waals surface area contributed by atoms with Gasteiger partial charge < -0.3 is 19.3 Å². The Hall–Kier alpha value is -2.29. The predicted octanol–water partition coefficient (Wildman–Crippen LogP) is 0.846. The van der Waals surface area contributed by atoms with Crippen molar-refractivity contribution in [2.45, 2.75) is 25.8 Å².